The van der Waals surface area contributed by atoms with Gasteiger partial charge in [0.1, 0.15) is 0 Å². The number of furan rings is 1. The van der Waals surface area contributed by atoms with Gasteiger partial charge >= 0.3 is 0 Å². The molecule has 3 aromatic heterocycles. The lowest BCUT2D eigenvalue weighted by atomic mass is 10.00. The number of halogens is 1. The molecule has 0 aromatic carbocycles. The predicted molar refractivity (Wildman–Crippen MR) is 82.7 cm³/mol. The van der Waals surface area contributed by atoms with Crippen LogP contribution in [0.25, 0.3) is 11.4 Å². The second-order valence-corrected chi connectivity index (χ2v) is 6.54. The van der Waals surface area contributed by atoms with E-state index in [1.54, 1.807) is 28.4 Å². The normalized spacial score (nSPS) is 15.0. The monoisotopic (exact) mass is 379 g/mol. The van der Waals surface area contributed by atoms with E-state index in [9.17, 15) is 4.79 Å². The molecule has 0 atom stereocenters. The fourth-order valence-corrected chi connectivity index (χ4v) is 3.24. The minimum absolute atomic E-state index is 0.0854. The third-order valence-electron chi connectivity index (χ3n) is 3.52. The lowest BCUT2D eigenvalue weighted by Gasteiger charge is -2.36. The third-order valence-corrected chi connectivity index (χ3v) is 4.63. The fourth-order valence-electron chi connectivity index (χ4n) is 2.30. The van der Waals surface area contributed by atoms with E-state index < -0.39 is 0 Å². The van der Waals surface area contributed by atoms with Crippen molar-refractivity contribution in [3.8, 4) is 11.4 Å². The highest BCUT2D eigenvalue weighted by molar-refractivity contribution is 9.10. The summed E-state index contributed by atoms with van der Waals surface area (Å²) in [6, 6.07) is 5.31. The Morgan fingerprint density at radius 2 is 2.23 bits per heavy atom. The molecule has 1 aliphatic heterocycles. The van der Waals surface area contributed by atoms with Crippen LogP contribution in [0.3, 0.4) is 0 Å². The van der Waals surface area contributed by atoms with Gasteiger partial charge in [-0.2, -0.15) is 16.3 Å². The highest BCUT2D eigenvalue weighted by atomic mass is 79.9. The molecule has 1 fully saturated rings. The average molecular weight is 380 g/mol. The number of amides is 1. The molecule has 1 aliphatic rings. The lowest BCUT2D eigenvalue weighted by molar-refractivity contribution is 0.0535. The zero-order chi connectivity index (χ0) is 15.1. The SMILES string of the molecule is O=C(c1ccc(Br)o1)N1CC(c2nc(-c3ccsc3)no2)C1. The van der Waals surface area contributed by atoms with Gasteiger partial charge in [0, 0.05) is 24.0 Å². The van der Waals surface area contributed by atoms with E-state index in [2.05, 4.69) is 26.1 Å². The number of hydrogen-bond acceptors (Lipinski definition) is 6. The molecule has 22 heavy (non-hydrogen) atoms. The molecule has 4 heterocycles. The second-order valence-electron chi connectivity index (χ2n) is 4.98. The van der Waals surface area contributed by atoms with Gasteiger partial charge in [0.25, 0.3) is 5.91 Å². The maximum Gasteiger partial charge on any atom is 0.289 e. The number of likely N-dealkylation sites (tertiary alicyclic amines) is 1. The van der Waals surface area contributed by atoms with Crippen LogP contribution < -0.4 is 0 Å². The Bertz CT molecular complexity index is 805. The molecule has 0 saturated carbocycles. The van der Waals surface area contributed by atoms with Gasteiger partial charge in [-0.05, 0) is 39.5 Å². The van der Waals surface area contributed by atoms with Gasteiger partial charge in [0.15, 0.2) is 10.4 Å². The Labute approximate surface area is 137 Å². The molecule has 0 N–H and O–H groups in total. The van der Waals surface area contributed by atoms with Gasteiger partial charge in [-0.15, -0.1) is 0 Å². The largest absolute Gasteiger partial charge is 0.444 e. The van der Waals surface area contributed by atoms with Crippen molar-refractivity contribution in [3.05, 3.63) is 45.3 Å². The first-order valence-electron chi connectivity index (χ1n) is 6.61. The first-order valence-corrected chi connectivity index (χ1v) is 8.35. The van der Waals surface area contributed by atoms with Crippen LogP contribution in [0.2, 0.25) is 0 Å². The summed E-state index contributed by atoms with van der Waals surface area (Å²) in [5, 5.41) is 7.93. The number of hydrogen-bond donors (Lipinski definition) is 0. The molecule has 0 aliphatic carbocycles. The standard InChI is InChI=1S/C14H10BrN3O3S/c15-11-2-1-10(20-11)14(19)18-5-9(6-18)13-16-12(17-21-13)8-3-4-22-7-8/h1-4,7,9H,5-6H2. The Morgan fingerprint density at radius 3 is 2.91 bits per heavy atom. The summed E-state index contributed by atoms with van der Waals surface area (Å²) in [5.74, 6) is 1.46. The van der Waals surface area contributed by atoms with Gasteiger partial charge in [-0.3, -0.25) is 4.79 Å². The van der Waals surface area contributed by atoms with Crippen molar-refractivity contribution in [2.45, 2.75) is 5.92 Å². The van der Waals surface area contributed by atoms with Crippen LogP contribution in [0, 0.1) is 0 Å². The Morgan fingerprint density at radius 1 is 1.36 bits per heavy atom. The van der Waals surface area contributed by atoms with Crippen LogP contribution in [0.5, 0.6) is 0 Å². The van der Waals surface area contributed by atoms with Crippen molar-refractivity contribution in [2.75, 3.05) is 13.1 Å². The molecule has 1 saturated heterocycles. The molecule has 8 heteroatoms. The van der Waals surface area contributed by atoms with Crippen LogP contribution in [-0.4, -0.2) is 34.0 Å². The van der Waals surface area contributed by atoms with Crippen LogP contribution in [0.15, 0.2) is 42.6 Å². The van der Waals surface area contributed by atoms with Crippen LogP contribution in [0.4, 0.5) is 0 Å². The summed E-state index contributed by atoms with van der Waals surface area (Å²) in [4.78, 5) is 18.3. The molecule has 0 radical (unpaired) electrons. The Hall–Kier alpha value is -1.93. The molecule has 3 aromatic rings. The number of thiophene rings is 1. The molecular weight excluding hydrogens is 370 g/mol. The smallest absolute Gasteiger partial charge is 0.289 e. The summed E-state index contributed by atoms with van der Waals surface area (Å²) in [6.07, 6.45) is 0. The molecule has 6 nitrogen and oxygen atoms in total. The van der Waals surface area contributed by atoms with E-state index in [4.69, 9.17) is 8.94 Å². The highest BCUT2D eigenvalue weighted by Gasteiger charge is 2.37. The number of rotatable bonds is 3. The van der Waals surface area contributed by atoms with Gasteiger partial charge in [-0.1, -0.05) is 5.16 Å². The fraction of sp³-hybridized carbons (Fsp3) is 0.214. The molecule has 112 valence electrons. The quantitative estimate of drug-likeness (QED) is 0.697. The topological polar surface area (TPSA) is 72.4 Å². The zero-order valence-corrected chi connectivity index (χ0v) is 13.6. The van der Waals surface area contributed by atoms with E-state index in [0.717, 1.165) is 5.56 Å². The number of nitrogens with zero attached hydrogens (tertiary/aromatic N) is 3. The van der Waals surface area contributed by atoms with Crippen molar-refractivity contribution in [1.82, 2.24) is 15.0 Å². The summed E-state index contributed by atoms with van der Waals surface area (Å²) < 4.78 is 11.1. The van der Waals surface area contributed by atoms with E-state index in [-0.39, 0.29) is 11.8 Å². The van der Waals surface area contributed by atoms with Gasteiger partial charge < -0.3 is 13.8 Å². The van der Waals surface area contributed by atoms with Gasteiger partial charge in [0.2, 0.25) is 11.7 Å². The van der Waals surface area contributed by atoms with Crippen molar-refractivity contribution >= 4 is 33.2 Å². The molecule has 0 bridgehead atoms. The molecular formula is C14H10BrN3O3S. The summed E-state index contributed by atoms with van der Waals surface area (Å²) in [5.41, 5.74) is 0.952. The summed E-state index contributed by atoms with van der Waals surface area (Å²) in [6.45, 7) is 1.12. The maximum atomic E-state index is 12.2. The van der Waals surface area contributed by atoms with Crippen molar-refractivity contribution in [1.29, 1.82) is 0 Å². The van der Waals surface area contributed by atoms with Crippen LogP contribution in [-0.2, 0) is 0 Å². The van der Waals surface area contributed by atoms with Crippen molar-refractivity contribution in [2.24, 2.45) is 0 Å². The van der Waals surface area contributed by atoms with Gasteiger partial charge in [-0.25, -0.2) is 0 Å². The summed E-state index contributed by atoms with van der Waals surface area (Å²) >= 11 is 4.78. The molecule has 0 spiro atoms. The number of carbonyl (C=O) groups excluding carboxylic acids is 1. The van der Waals surface area contributed by atoms with Gasteiger partial charge in [0.05, 0.1) is 5.92 Å². The highest BCUT2D eigenvalue weighted by Crippen LogP contribution is 2.29. The zero-order valence-electron chi connectivity index (χ0n) is 11.2. The maximum absolute atomic E-state index is 12.2. The van der Waals surface area contributed by atoms with Crippen molar-refractivity contribution < 1.29 is 13.7 Å². The molecule has 1 amide bonds. The second kappa shape index (κ2) is 5.36. The van der Waals surface area contributed by atoms with Crippen LogP contribution in [0.1, 0.15) is 22.4 Å². The lowest BCUT2D eigenvalue weighted by Crippen LogP contribution is -2.48. The average Bonchev–Trinajstić information content (AvgIpc) is 3.17. The van der Waals surface area contributed by atoms with E-state index in [1.165, 1.54) is 0 Å². The van der Waals surface area contributed by atoms with Crippen LogP contribution >= 0.6 is 27.3 Å². The number of carbonyl (C=O) groups is 1. The van der Waals surface area contributed by atoms with E-state index >= 15 is 0 Å². The number of aromatic nitrogens is 2. The third kappa shape index (κ3) is 2.38. The minimum atomic E-state index is -0.125. The van der Waals surface area contributed by atoms with E-state index in [0.29, 0.717) is 35.2 Å². The Kier molecular flexibility index (Phi) is 3.34. The first kappa shape index (κ1) is 13.7. The van der Waals surface area contributed by atoms with Crippen molar-refractivity contribution in [3.63, 3.8) is 0 Å². The molecule has 0 unspecified atom stereocenters. The predicted octanol–water partition coefficient (Wildman–Crippen LogP) is 3.39. The first-order chi connectivity index (χ1) is 10.7. The molecule has 4 rings (SSSR count). The minimum Gasteiger partial charge on any atom is -0.444 e. The Balaban J connectivity index is 1.42. The summed E-state index contributed by atoms with van der Waals surface area (Å²) in [7, 11) is 0. The van der Waals surface area contributed by atoms with E-state index in [1.807, 2.05) is 16.8 Å².